The number of amides is 1. The molecule has 0 saturated heterocycles. The molecule has 1 atom stereocenters. The van der Waals surface area contributed by atoms with Crippen LogP contribution in [0.15, 0.2) is 51.9 Å². The Balaban J connectivity index is 1.83. The van der Waals surface area contributed by atoms with Crippen LogP contribution in [0.2, 0.25) is 0 Å². The fraction of sp³-hybridized carbons (Fsp3) is 0.409. The molecule has 0 bridgehead atoms. The lowest BCUT2D eigenvalue weighted by Crippen LogP contribution is -2.39. The molecule has 1 saturated carbocycles. The van der Waals surface area contributed by atoms with Crippen LogP contribution >= 0.6 is 0 Å². The summed E-state index contributed by atoms with van der Waals surface area (Å²) in [5.41, 5.74) is 0.612. The zero-order chi connectivity index (χ0) is 19.7. The summed E-state index contributed by atoms with van der Waals surface area (Å²) < 4.78 is 7.21. The number of para-hydroxylation sites is 1. The Morgan fingerprint density at radius 3 is 2.68 bits per heavy atom. The third-order valence-electron chi connectivity index (χ3n) is 5.38. The Hall–Kier alpha value is -2.89. The van der Waals surface area contributed by atoms with E-state index in [0.717, 1.165) is 18.6 Å². The van der Waals surface area contributed by atoms with Crippen LogP contribution in [-0.2, 0) is 17.9 Å². The predicted molar refractivity (Wildman–Crippen MR) is 107 cm³/mol. The Bertz CT molecular complexity index is 1030. The molecule has 0 aliphatic heterocycles. The van der Waals surface area contributed by atoms with E-state index < -0.39 is 0 Å². The molecule has 1 unspecified atom stereocenters. The molecule has 0 radical (unpaired) electrons. The minimum absolute atomic E-state index is 0.0571. The monoisotopic (exact) mass is 379 g/mol. The predicted octanol–water partition coefficient (Wildman–Crippen LogP) is 3.90. The van der Waals surface area contributed by atoms with Gasteiger partial charge in [-0.05, 0) is 50.5 Å². The van der Waals surface area contributed by atoms with Gasteiger partial charge in [-0.25, -0.2) is 4.98 Å². The van der Waals surface area contributed by atoms with Crippen molar-refractivity contribution in [1.82, 2.24) is 14.5 Å². The van der Waals surface area contributed by atoms with Gasteiger partial charge in [-0.15, -0.1) is 0 Å². The summed E-state index contributed by atoms with van der Waals surface area (Å²) in [4.78, 5) is 32.9. The molecule has 1 fully saturated rings. The first-order chi connectivity index (χ1) is 13.6. The molecule has 2 aromatic heterocycles. The lowest BCUT2D eigenvalue weighted by molar-refractivity contribution is -0.136. The Morgan fingerprint density at radius 1 is 1.25 bits per heavy atom. The number of rotatable bonds is 7. The maximum atomic E-state index is 13.1. The molecule has 4 rings (SSSR count). The topological polar surface area (TPSA) is 68.3 Å². The summed E-state index contributed by atoms with van der Waals surface area (Å²) in [6.45, 7) is 4.86. The molecular formula is C22H25N3O3. The number of benzene rings is 1. The second kappa shape index (κ2) is 7.62. The van der Waals surface area contributed by atoms with E-state index in [4.69, 9.17) is 9.40 Å². The molecular weight excluding hydrogens is 354 g/mol. The zero-order valence-corrected chi connectivity index (χ0v) is 16.3. The van der Waals surface area contributed by atoms with Gasteiger partial charge in [0.25, 0.3) is 5.56 Å². The van der Waals surface area contributed by atoms with Crippen LogP contribution in [0.1, 0.15) is 50.7 Å². The van der Waals surface area contributed by atoms with Gasteiger partial charge < -0.3 is 9.32 Å². The van der Waals surface area contributed by atoms with Gasteiger partial charge in [0.1, 0.15) is 11.6 Å². The number of fused-ring (bicyclic) bond motifs is 1. The van der Waals surface area contributed by atoms with E-state index in [1.807, 2.05) is 49.1 Å². The summed E-state index contributed by atoms with van der Waals surface area (Å²) in [6, 6.07) is 10.8. The summed E-state index contributed by atoms with van der Waals surface area (Å²) >= 11 is 0. The van der Waals surface area contributed by atoms with Crippen LogP contribution in [0, 0.1) is 5.92 Å². The van der Waals surface area contributed by atoms with Crippen LogP contribution in [-0.4, -0.2) is 20.4 Å². The summed E-state index contributed by atoms with van der Waals surface area (Å²) in [7, 11) is 0. The molecule has 1 amide bonds. The van der Waals surface area contributed by atoms with Crippen molar-refractivity contribution < 1.29 is 9.21 Å². The molecule has 3 aromatic rings. The quantitative estimate of drug-likeness (QED) is 0.624. The van der Waals surface area contributed by atoms with E-state index in [1.54, 1.807) is 16.9 Å². The van der Waals surface area contributed by atoms with Crippen LogP contribution in [0.3, 0.4) is 0 Å². The van der Waals surface area contributed by atoms with Crippen molar-refractivity contribution in [3.05, 3.63) is 64.6 Å². The van der Waals surface area contributed by atoms with Crippen LogP contribution < -0.4 is 5.56 Å². The molecule has 2 heterocycles. The van der Waals surface area contributed by atoms with E-state index in [9.17, 15) is 9.59 Å². The van der Waals surface area contributed by atoms with E-state index in [0.29, 0.717) is 36.2 Å². The highest BCUT2D eigenvalue weighted by atomic mass is 16.3. The Labute approximate surface area is 163 Å². The van der Waals surface area contributed by atoms with Gasteiger partial charge in [-0.1, -0.05) is 19.1 Å². The van der Waals surface area contributed by atoms with E-state index >= 15 is 0 Å². The molecule has 6 nitrogen and oxygen atoms in total. The lowest BCUT2D eigenvalue weighted by Gasteiger charge is -2.31. The first-order valence-electron chi connectivity index (χ1n) is 9.96. The fourth-order valence-electron chi connectivity index (χ4n) is 3.76. The smallest absolute Gasteiger partial charge is 0.261 e. The van der Waals surface area contributed by atoms with Crippen LogP contribution in [0.5, 0.6) is 0 Å². The maximum absolute atomic E-state index is 13.1. The summed E-state index contributed by atoms with van der Waals surface area (Å²) in [5, 5.41) is 0.606. The second-order valence-electron chi connectivity index (χ2n) is 7.28. The molecule has 1 aromatic carbocycles. The lowest BCUT2D eigenvalue weighted by atomic mass is 10.1. The average molecular weight is 379 g/mol. The third kappa shape index (κ3) is 3.35. The third-order valence-corrected chi connectivity index (χ3v) is 5.38. The first-order valence-corrected chi connectivity index (χ1v) is 9.96. The van der Waals surface area contributed by atoms with Crippen molar-refractivity contribution in [3.8, 4) is 0 Å². The first kappa shape index (κ1) is 18.5. The van der Waals surface area contributed by atoms with Crippen LogP contribution in [0.4, 0.5) is 0 Å². The number of hydrogen-bond acceptors (Lipinski definition) is 4. The highest BCUT2D eigenvalue weighted by Crippen LogP contribution is 2.36. The number of nitrogens with zero attached hydrogens (tertiary/aromatic N) is 3. The van der Waals surface area contributed by atoms with Gasteiger partial charge in [-0.2, -0.15) is 0 Å². The molecule has 146 valence electrons. The highest BCUT2D eigenvalue weighted by Gasteiger charge is 2.38. The van der Waals surface area contributed by atoms with Gasteiger partial charge in [0.2, 0.25) is 5.91 Å². The molecule has 0 N–H and O–H groups in total. The van der Waals surface area contributed by atoms with Crippen molar-refractivity contribution in [2.24, 2.45) is 5.92 Å². The molecule has 1 aliphatic carbocycles. The van der Waals surface area contributed by atoms with Crippen molar-refractivity contribution in [1.29, 1.82) is 0 Å². The number of hydrogen-bond donors (Lipinski definition) is 0. The van der Waals surface area contributed by atoms with Gasteiger partial charge >= 0.3 is 0 Å². The number of carbonyl (C=O) groups excluding carboxylic acids is 1. The van der Waals surface area contributed by atoms with Gasteiger partial charge in [0.05, 0.1) is 29.8 Å². The SMILES string of the molecule is CCC(c1nc2ccccc2c(=O)n1CC)N(Cc1ccco1)C(=O)C1CC1. The van der Waals surface area contributed by atoms with E-state index in [1.165, 1.54) is 0 Å². The number of furan rings is 1. The Kier molecular flexibility index (Phi) is 5.03. The molecule has 0 spiro atoms. The second-order valence-corrected chi connectivity index (χ2v) is 7.28. The van der Waals surface area contributed by atoms with Gasteiger partial charge in [0.15, 0.2) is 0 Å². The summed E-state index contributed by atoms with van der Waals surface area (Å²) in [6.07, 6.45) is 4.14. The van der Waals surface area contributed by atoms with Crippen LogP contribution in [0.25, 0.3) is 10.9 Å². The zero-order valence-electron chi connectivity index (χ0n) is 16.3. The van der Waals surface area contributed by atoms with Crippen molar-refractivity contribution in [2.45, 2.75) is 52.2 Å². The molecule has 1 aliphatic rings. The largest absolute Gasteiger partial charge is 0.467 e. The van der Waals surface area contributed by atoms with Crippen molar-refractivity contribution in [2.75, 3.05) is 0 Å². The Morgan fingerprint density at radius 2 is 2.04 bits per heavy atom. The van der Waals surface area contributed by atoms with E-state index in [2.05, 4.69) is 0 Å². The fourth-order valence-corrected chi connectivity index (χ4v) is 3.76. The van der Waals surface area contributed by atoms with Gasteiger partial charge in [-0.3, -0.25) is 14.2 Å². The summed E-state index contributed by atoms with van der Waals surface area (Å²) in [5.74, 6) is 1.58. The molecule has 6 heteroatoms. The number of aromatic nitrogens is 2. The standard InChI is InChI=1S/C22H25N3O3/c1-3-19(25(21(26)15-11-12-15)14-16-8-7-13-28-16)20-23-18-10-6-5-9-17(18)22(27)24(20)4-2/h5-10,13,15,19H,3-4,11-12,14H2,1-2H3. The minimum atomic E-state index is -0.282. The maximum Gasteiger partial charge on any atom is 0.261 e. The van der Waals surface area contributed by atoms with Crippen molar-refractivity contribution >= 4 is 16.8 Å². The normalized spacial score (nSPS) is 14.9. The minimum Gasteiger partial charge on any atom is -0.467 e. The average Bonchev–Trinajstić information content (AvgIpc) is 3.44. The highest BCUT2D eigenvalue weighted by molar-refractivity contribution is 5.81. The van der Waals surface area contributed by atoms with Crippen molar-refractivity contribution in [3.63, 3.8) is 0 Å². The molecule has 28 heavy (non-hydrogen) atoms. The van der Waals surface area contributed by atoms with Gasteiger partial charge in [0, 0.05) is 12.5 Å². The van der Waals surface area contributed by atoms with E-state index in [-0.39, 0.29) is 23.4 Å². The number of carbonyl (C=O) groups is 1.